The number of nitrogens with zero attached hydrogens (tertiary/aromatic N) is 1. The fourth-order valence-electron chi connectivity index (χ4n) is 1.36. The van der Waals surface area contributed by atoms with Gasteiger partial charge in [-0.2, -0.15) is 0 Å². The summed E-state index contributed by atoms with van der Waals surface area (Å²) in [5.74, 6) is -0.211. The minimum absolute atomic E-state index is 0.0173. The summed E-state index contributed by atoms with van der Waals surface area (Å²) in [6, 6.07) is 0. The quantitative estimate of drug-likeness (QED) is 0.903. The van der Waals surface area contributed by atoms with Gasteiger partial charge in [0.2, 0.25) is 0 Å². The van der Waals surface area contributed by atoms with Gasteiger partial charge in [0.15, 0.2) is 0 Å². The maximum absolute atomic E-state index is 11.0. The highest BCUT2D eigenvalue weighted by Crippen LogP contribution is 2.24. The van der Waals surface area contributed by atoms with E-state index in [9.17, 15) is 13.5 Å². The Morgan fingerprint density at radius 1 is 1.47 bits per heavy atom. The number of aromatic nitrogens is 1. The molecule has 1 unspecified atom stereocenters. The van der Waals surface area contributed by atoms with Crippen LogP contribution in [0.25, 0.3) is 0 Å². The van der Waals surface area contributed by atoms with Crippen LogP contribution in [-0.2, 0) is 21.7 Å². The highest BCUT2D eigenvalue weighted by atomic mass is 32.2. The lowest BCUT2D eigenvalue weighted by molar-refractivity contribution is 0.197. The van der Waals surface area contributed by atoms with Crippen LogP contribution >= 0.6 is 11.3 Å². The molecule has 17 heavy (non-hydrogen) atoms. The van der Waals surface area contributed by atoms with Crippen LogP contribution in [0.5, 0.6) is 0 Å². The minimum Gasteiger partial charge on any atom is -0.392 e. The fraction of sp³-hybridized carbons (Fsp3) is 0.727. The molecule has 6 heteroatoms. The highest BCUT2D eigenvalue weighted by molar-refractivity contribution is 7.90. The van der Waals surface area contributed by atoms with E-state index in [1.54, 1.807) is 0 Å². The van der Waals surface area contributed by atoms with E-state index in [0.29, 0.717) is 6.42 Å². The van der Waals surface area contributed by atoms with Crippen LogP contribution in [0, 0.1) is 0 Å². The zero-order valence-electron chi connectivity index (χ0n) is 10.6. The van der Waals surface area contributed by atoms with Crippen molar-refractivity contribution in [3.8, 4) is 0 Å². The highest BCUT2D eigenvalue weighted by Gasteiger charge is 2.19. The molecule has 1 rings (SSSR count). The molecule has 98 valence electrons. The van der Waals surface area contributed by atoms with Crippen molar-refractivity contribution >= 4 is 21.2 Å². The van der Waals surface area contributed by atoms with Crippen molar-refractivity contribution in [2.24, 2.45) is 0 Å². The van der Waals surface area contributed by atoms with Crippen LogP contribution in [0.4, 0.5) is 0 Å². The maximum atomic E-state index is 11.0. The molecule has 4 nitrogen and oxygen atoms in total. The van der Waals surface area contributed by atoms with Gasteiger partial charge in [0.1, 0.15) is 9.84 Å². The summed E-state index contributed by atoms with van der Waals surface area (Å²) in [5.41, 5.74) is 0.959. The van der Waals surface area contributed by atoms with Crippen molar-refractivity contribution in [2.45, 2.75) is 38.7 Å². The van der Waals surface area contributed by atoms with Crippen LogP contribution in [0.15, 0.2) is 5.38 Å². The molecule has 1 atom stereocenters. The van der Waals surface area contributed by atoms with Gasteiger partial charge in [-0.1, -0.05) is 20.8 Å². The van der Waals surface area contributed by atoms with E-state index in [4.69, 9.17) is 0 Å². The van der Waals surface area contributed by atoms with E-state index >= 15 is 0 Å². The molecule has 1 aromatic heterocycles. The smallest absolute Gasteiger partial charge is 0.150 e. The van der Waals surface area contributed by atoms with Crippen LogP contribution in [0.2, 0.25) is 0 Å². The molecule has 0 aromatic carbocycles. The van der Waals surface area contributed by atoms with Gasteiger partial charge >= 0.3 is 0 Å². The first-order valence-electron chi connectivity index (χ1n) is 5.38. The minimum atomic E-state index is -3.14. The molecule has 1 aromatic rings. The normalized spacial score (nSPS) is 14.9. The third-order valence-corrected chi connectivity index (χ3v) is 4.09. The Hall–Kier alpha value is -0.460. The Bertz CT molecular complexity index is 471. The largest absolute Gasteiger partial charge is 0.392 e. The number of sulfone groups is 1. The fourth-order valence-corrected chi connectivity index (χ4v) is 3.27. The van der Waals surface area contributed by atoms with Crippen molar-refractivity contribution in [3.05, 3.63) is 16.1 Å². The Balaban J connectivity index is 2.67. The molecule has 0 aliphatic rings. The van der Waals surface area contributed by atoms with Crippen molar-refractivity contribution < 1.29 is 13.5 Å². The Kier molecular flexibility index (Phi) is 4.33. The second-order valence-electron chi connectivity index (χ2n) is 5.33. The summed E-state index contributed by atoms with van der Waals surface area (Å²) in [5, 5.41) is 12.4. The summed E-state index contributed by atoms with van der Waals surface area (Å²) >= 11 is 1.46. The molecule has 0 aliphatic heterocycles. The molecule has 0 amide bonds. The number of rotatable bonds is 4. The topological polar surface area (TPSA) is 67.3 Å². The van der Waals surface area contributed by atoms with Crippen LogP contribution < -0.4 is 0 Å². The lowest BCUT2D eigenvalue weighted by Gasteiger charge is -2.14. The van der Waals surface area contributed by atoms with E-state index in [1.165, 1.54) is 11.3 Å². The zero-order chi connectivity index (χ0) is 13.3. The molecular formula is C11H19NO3S2. The number of hydrogen-bond acceptors (Lipinski definition) is 5. The Labute approximate surface area is 107 Å². The standard InChI is InChI=1S/C11H19NO3S2/c1-11(2,3)9-6-16-10(12-9)5-8(13)7-17(4,14)15/h6,8,13H,5,7H2,1-4H3. The van der Waals surface area contributed by atoms with Crippen LogP contribution in [-0.4, -0.2) is 36.6 Å². The summed E-state index contributed by atoms with van der Waals surface area (Å²) in [6.07, 6.45) is 0.552. The van der Waals surface area contributed by atoms with Crippen molar-refractivity contribution in [1.82, 2.24) is 4.98 Å². The number of hydrogen-bond donors (Lipinski definition) is 1. The molecular weight excluding hydrogens is 258 g/mol. The molecule has 0 saturated heterocycles. The van der Waals surface area contributed by atoms with E-state index in [-0.39, 0.29) is 11.2 Å². The Morgan fingerprint density at radius 3 is 2.47 bits per heavy atom. The number of aliphatic hydroxyl groups is 1. The summed E-state index contributed by atoms with van der Waals surface area (Å²) in [6.45, 7) is 6.20. The summed E-state index contributed by atoms with van der Waals surface area (Å²) in [7, 11) is -3.14. The molecule has 0 bridgehead atoms. The van der Waals surface area contributed by atoms with Crippen molar-refractivity contribution in [2.75, 3.05) is 12.0 Å². The molecule has 0 fully saturated rings. The molecule has 0 radical (unpaired) electrons. The van der Waals surface area contributed by atoms with Crippen molar-refractivity contribution in [3.63, 3.8) is 0 Å². The van der Waals surface area contributed by atoms with Gasteiger partial charge in [-0.15, -0.1) is 11.3 Å². The SMILES string of the molecule is CC(C)(C)c1csc(CC(O)CS(C)(=O)=O)n1. The first-order chi connectivity index (χ1) is 7.58. The maximum Gasteiger partial charge on any atom is 0.150 e. The molecule has 0 saturated carbocycles. The monoisotopic (exact) mass is 277 g/mol. The third kappa shape index (κ3) is 5.14. The van der Waals surface area contributed by atoms with E-state index in [2.05, 4.69) is 25.8 Å². The van der Waals surface area contributed by atoms with Gasteiger partial charge in [-0.3, -0.25) is 0 Å². The lowest BCUT2D eigenvalue weighted by atomic mass is 9.93. The first-order valence-corrected chi connectivity index (χ1v) is 8.32. The number of aliphatic hydroxyl groups excluding tert-OH is 1. The van der Waals surface area contributed by atoms with Gasteiger partial charge in [0.25, 0.3) is 0 Å². The second kappa shape index (κ2) is 5.04. The Morgan fingerprint density at radius 2 is 2.06 bits per heavy atom. The van der Waals surface area contributed by atoms with Gasteiger partial charge < -0.3 is 5.11 Å². The van der Waals surface area contributed by atoms with E-state index in [1.807, 2.05) is 5.38 Å². The van der Waals surface area contributed by atoms with Gasteiger partial charge in [0, 0.05) is 23.5 Å². The van der Waals surface area contributed by atoms with Gasteiger partial charge in [0.05, 0.1) is 22.6 Å². The molecule has 0 spiro atoms. The molecule has 1 heterocycles. The predicted molar refractivity (Wildman–Crippen MR) is 70.2 cm³/mol. The van der Waals surface area contributed by atoms with Gasteiger partial charge in [-0.25, -0.2) is 13.4 Å². The number of thiazole rings is 1. The predicted octanol–water partition coefficient (Wildman–Crippen LogP) is 1.39. The van der Waals surface area contributed by atoms with Crippen molar-refractivity contribution in [1.29, 1.82) is 0 Å². The summed E-state index contributed by atoms with van der Waals surface area (Å²) in [4.78, 5) is 4.42. The zero-order valence-corrected chi connectivity index (χ0v) is 12.2. The summed E-state index contributed by atoms with van der Waals surface area (Å²) < 4.78 is 22.0. The molecule has 0 aliphatic carbocycles. The van der Waals surface area contributed by atoms with Crippen LogP contribution in [0.1, 0.15) is 31.5 Å². The first kappa shape index (κ1) is 14.6. The van der Waals surface area contributed by atoms with Gasteiger partial charge in [-0.05, 0) is 0 Å². The third-order valence-electron chi connectivity index (χ3n) is 2.23. The van der Waals surface area contributed by atoms with Crippen LogP contribution in [0.3, 0.4) is 0 Å². The second-order valence-corrected chi connectivity index (χ2v) is 8.45. The average molecular weight is 277 g/mol. The van der Waals surface area contributed by atoms with E-state index in [0.717, 1.165) is 17.0 Å². The molecule has 1 N–H and O–H groups in total. The van der Waals surface area contributed by atoms with E-state index < -0.39 is 15.9 Å². The lowest BCUT2D eigenvalue weighted by Crippen LogP contribution is -2.22. The average Bonchev–Trinajstić information content (AvgIpc) is 2.47.